The van der Waals surface area contributed by atoms with Crippen molar-refractivity contribution in [2.24, 2.45) is 0 Å². The minimum Gasteiger partial charge on any atom is -0.508 e. The maximum atomic E-state index is 12.4. The quantitative estimate of drug-likeness (QED) is 0.341. The van der Waals surface area contributed by atoms with Gasteiger partial charge in [-0.05, 0) is 48.7 Å². The number of rotatable bonds is 10. The minimum absolute atomic E-state index is 0.0226. The summed E-state index contributed by atoms with van der Waals surface area (Å²) in [7, 11) is 0. The van der Waals surface area contributed by atoms with E-state index in [1.807, 2.05) is 0 Å². The Morgan fingerprint density at radius 3 is 2.26 bits per heavy atom. The van der Waals surface area contributed by atoms with Crippen LogP contribution in [-0.2, 0) is 6.42 Å². The molecule has 0 radical (unpaired) electrons. The molecule has 27 heavy (non-hydrogen) atoms. The molecule has 0 aliphatic rings. The van der Waals surface area contributed by atoms with E-state index >= 15 is 0 Å². The highest BCUT2D eigenvalue weighted by Crippen LogP contribution is 2.27. The van der Waals surface area contributed by atoms with Crippen molar-refractivity contribution in [3.63, 3.8) is 0 Å². The van der Waals surface area contributed by atoms with Crippen LogP contribution in [0.4, 0.5) is 0 Å². The molecule has 2 aromatic carbocycles. The summed E-state index contributed by atoms with van der Waals surface area (Å²) < 4.78 is 5.46. The Kier molecular flexibility index (Phi) is 7.86. The zero-order valence-electron chi connectivity index (χ0n) is 15.6. The summed E-state index contributed by atoms with van der Waals surface area (Å²) >= 11 is 0. The minimum atomic E-state index is -1.13. The summed E-state index contributed by atoms with van der Waals surface area (Å²) in [5, 5.41) is 18.8. The van der Waals surface area contributed by atoms with Crippen molar-refractivity contribution in [2.75, 3.05) is 0 Å². The van der Waals surface area contributed by atoms with Gasteiger partial charge in [0.2, 0.25) is 0 Å². The number of carboxylic acid groups (broad SMARTS) is 1. The number of esters is 1. The third-order valence-corrected chi connectivity index (χ3v) is 4.42. The number of benzene rings is 2. The van der Waals surface area contributed by atoms with Crippen molar-refractivity contribution >= 4 is 11.9 Å². The molecule has 5 nitrogen and oxygen atoms in total. The third-order valence-electron chi connectivity index (χ3n) is 4.42. The van der Waals surface area contributed by atoms with Crippen LogP contribution in [0.1, 0.15) is 71.7 Å². The molecule has 0 atom stereocenters. The number of ether oxygens (including phenoxy) is 1. The second-order valence-electron chi connectivity index (χ2n) is 6.55. The molecule has 0 aliphatic carbocycles. The molecule has 0 saturated heterocycles. The normalized spacial score (nSPS) is 10.6. The van der Waals surface area contributed by atoms with Crippen LogP contribution >= 0.6 is 0 Å². The van der Waals surface area contributed by atoms with Gasteiger partial charge in [0.25, 0.3) is 0 Å². The molecule has 0 spiro atoms. The number of hydrogen-bond donors (Lipinski definition) is 2. The molecule has 2 rings (SSSR count). The van der Waals surface area contributed by atoms with E-state index in [9.17, 15) is 19.8 Å². The van der Waals surface area contributed by atoms with Gasteiger partial charge in [0.05, 0.1) is 5.56 Å². The fraction of sp³-hybridized carbons (Fsp3) is 0.364. The second-order valence-corrected chi connectivity index (χ2v) is 6.55. The highest BCUT2D eigenvalue weighted by molar-refractivity contribution is 5.96. The van der Waals surface area contributed by atoms with Crippen LogP contribution in [-0.4, -0.2) is 22.2 Å². The molecule has 0 aromatic heterocycles. The molecule has 0 aliphatic heterocycles. The number of aromatic hydroxyl groups is 1. The van der Waals surface area contributed by atoms with Crippen LogP contribution in [0.15, 0.2) is 42.5 Å². The van der Waals surface area contributed by atoms with Crippen LogP contribution in [0.2, 0.25) is 0 Å². The van der Waals surface area contributed by atoms with E-state index in [2.05, 4.69) is 6.92 Å². The Bertz CT molecular complexity index is 765. The van der Waals surface area contributed by atoms with Gasteiger partial charge in [-0.25, -0.2) is 9.59 Å². The molecule has 0 saturated carbocycles. The number of unbranched alkanes of at least 4 members (excludes halogenated alkanes) is 5. The lowest BCUT2D eigenvalue weighted by Gasteiger charge is -2.13. The molecule has 0 unspecified atom stereocenters. The molecule has 2 aromatic rings. The first-order chi connectivity index (χ1) is 13.0. The lowest BCUT2D eigenvalue weighted by Crippen LogP contribution is -2.13. The van der Waals surface area contributed by atoms with Gasteiger partial charge in [-0.15, -0.1) is 0 Å². The van der Waals surface area contributed by atoms with Crippen molar-refractivity contribution in [1.29, 1.82) is 0 Å². The standard InChI is InChI=1S/C22H26O5/c1-2-3-4-5-6-7-9-16-10-8-11-19(21(24)25)20(16)27-22(26)17-12-14-18(23)15-13-17/h8,10-15,23H,2-7,9H2,1H3,(H,24,25). The molecule has 0 amide bonds. The fourth-order valence-corrected chi connectivity index (χ4v) is 2.92. The fourth-order valence-electron chi connectivity index (χ4n) is 2.92. The molecular formula is C22H26O5. The number of para-hydroxylation sites is 1. The van der Waals surface area contributed by atoms with Crippen LogP contribution < -0.4 is 4.74 Å². The topological polar surface area (TPSA) is 83.8 Å². The van der Waals surface area contributed by atoms with Gasteiger partial charge >= 0.3 is 11.9 Å². The van der Waals surface area contributed by atoms with E-state index < -0.39 is 11.9 Å². The highest BCUT2D eigenvalue weighted by Gasteiger charge is 2.19. The number of carboxylic acids is 1. The molecule has 5 heteroatoms. The summed E-state index contributed by atoms with van der Waals surface area (Å²) in [6.45, 7) is 2.17. The van der Waals surface area contributed by atoms with Crippen LogP contribution in [0.3, 0.4) is 0 Å². The first kappa shape index (κ1) is 20.5. The number of carbonyl (C=O) groups is 2. The van der Waals surface area contributed by atoms with Crippen LogP contribution in [0.25, 0.3) is 0 Å². The van der Waals surface area contributed by atoms with Gasteiger partial charge in [-0.1, -0.05) is 51.2 Å². The predicted molar refractivity (Wildman–Crippen MR) is 104 cm³/mol. The van der Waals surface area contributed by atoms with E-state index in [4.69, 9.17) is 4.74 Å². The van der Waals surface area contributed by atoms with Crippen molar-refractivity contribution in [3.8, 4) is 11.5 Å². The first-order valence-electron chi connectivity index (χ1n) is 9.39. The number of phenolic OH excluding ortho intramolecular Hbond substituents is 1. The monoisotopic (exact) mass is 370 g/mol. The largest absolute Gasteiger partial charge is 0.508 e. The van der Waals surface area contributed by atoms with Gasteiger partial charge in [0.1, 0.15) is 17.1 Å². The van der Waals surface area contributed by atoms with E-state index in [1.165, 1.54) is 49.6 Å². The number of aryl methyl sites for hydroxylation is 1. The van der Waals surface area contributed by atoms with Crippen molar-refractivity contribution in [3.05, 3.63) is 59.2 Å². The maximum Gasteiger partial charge on any atom is 0.343 e. The summed E-state index contributed by atoms with van der Waals surface area (Å²) in [6.07, 6.45) is 7.40. The Hall–Kier alpha value is -2.82. The number of phenols is 1. The van der Waals surface area contributed by atoms with Crippen LogP contribution in [0, 0.1) is 0 Å². The van der Waals surface area contributed by atoms with Gasteiger partial charge in [-0.3, -0.25) is 0 Å². The number of hydrogen-bond acceptors (Lipinski definition) is 4. The number of aromatic carboxylic acids is 1. The molecule has 0 fully saturated rings. The molecule has 0 heterocycles. The van der Waals surface area contributed by atoms with Gasteiger partial charge in [-0.2, -0.15) is 0 Å². The Balaban J connectivity index is 2.13. The van der Waals surface area contributed by atoms with Gasteiger partial charge in [0.15, 0.2) is 0 Å². The number of carbonyl (C=O) groups excluding carboxylic acids is 1. The second kappa shape index (κ2) is 10.4. The van der Waals surface area contributed by atoms with Crippen molar-refractivity contribution in [2.45, 2.75) is 51.9 Å². The highest BCUT2D eigenvalue weighted by atomic mass is 16.5. The molecule has 2 N–H and O–H groups in total. The smallest absolute Gasteiger partial charge is 0.343 e. The maximum absolute atomic E-state index is 12.4. The summed E-state index contributed by atoms with van der Waals surface area (Å²) in [6, 6.07) is 10.6. The van der Waals surface area contributed by atoms with E-state index in [0.29, 0.717) is 6.42 Å². The van der Waals surface area contributed by atoms with Crippen molar-refractivity contribution in [1.82, 2.24) is 0 Å². The molecule has 0 bridgehead atoms. The average Bonchev–Trinajstić information content (AvgIpc) is 2.65. The third kappa shape index (κ3) is 6.13. The molecular weight excluding hydrogens is 344 g/mol. The zero-order chi connectivity index (χ0) is 19.6. The van der Waals surface area contributed by atoms with Crippen LogP contribution in [0.5, 0.6) is 11.5 Å². The van der Waals surface area contributed by atoms with E-state index in [0.717, 1.165) is 24.8 Å². The SMILES string of the molecule is CCCCCCCCc1cccc(C(=O)O)c1OC(=O)c1ccc(O)cc1. The summed E-state index contributed by atoms with van der Waals surface area (Å²) in [5.41, 5.74) is 0.946. The van der Waals surface area contributed by atoms with Gasteiger partial charge in [0, 0.05) is 0 Å². The Morgan fingerprint density at radius 1 is 0.926 bits per heavy atom. The van der Waals surface area contributed by atoms with Crippen molar-refractivity contribution < 1.29 is 24.5 Å². The van der Waals surface area contributed by atoms with Gasteiger partial charge < -0.3 is 14.9 Å². The Morgan fingerprint density at radius 2 is 1.59 bits per heavy atom. The molecule has 144 valence electrons. The Labute approximate surface area is 159 Å². The predicted octanol–water partition coefficient (Wildman–Crippen LogP) is 5.21. The summed E-state index contributed by atoms with van der Waals surface area (Å²) in [5.74, 6) is -1.63. The van der Waals surface area contributed by atoms with E-state index in [1.54, 1.807) is 12.1 Å². The van der Waals surface area contributed by atoms with E-state index in [-0.39, 0.29) is 22.6 Å². The lowest BCUT2D eigenvalue weighted by atomic mass is 10.0. The zero-order valence-corrected chi connectivity index (χ0v) is 15.6. The average molecular weight is 370 g/mol. The lowest BCUT2D eigenvalue weighted by molar-refractivity contribution is 0.0680. The summed E-state index contributed by atoms with van der Waals surface area (Å²) in [4.78, 5) is 24.0. The first-order valence-corrected chi connectivity index (χ1v) is 9.39.